The molecule has 4 aromatic rings. The van der Waals surface area contributed by atoms with Gasteiger partial charge in [0.25, 0.3) is 0 Å². The van der Waals surface area contributed by atoms with E-state index >= 15 is 0 Å². The highest BCUT2D eigenvalue weighted by Crippen LogP contribution is 2.43. The van der Waals surface area contributed by atoms with Crippen LogP contribution < -0.4 is 9.47 Å². The largest absolute Gasteiger partial charge is 0.471 e. The van der Waals surface area contributed by atoms with E-state index in [9.17, 15) is 31.4 Å². The van der Waals surface area contributed by atoms with E-state index in [1.165, 1.54) is 6.07 Å². The maximum atomic E-state index is 13.7. The third kappa shape index (κ3) is 13.4. The molecule has 2 aliphatic carbocycles. The van der Waals surface area contributed by atoms with Gasteiger partial charge in [0.1, 0.15) is 11.5 Å². The summed E-state index contributed by atoms with van der Waals surface area (Å²) >= 11 is 3.06. The standard InChI is InChI=1S/C25H29BrF3NO.C25H30F3NO2/c1-3-18-13-20(9-10-21(18)15-26)17(2)30-16-31-22-11-12-23(19-7-5-4-6-8-19)24(14-22)25(27,28)29;1-3-18-13-20(9-10-21(18)15-30)17(2)29-16-31-22-11-12-23(19-7-5-4-6-8-19)24(14-22)25(26,27)28/h9-14,19H,3-8,15-16H2,1-2H3;9-14,19,30H,3-8,15-16H2,1-2H3/i2*15D2. The number of aliphatic imine (C=N–C) groups is 2. The Morgan fingerprint density at radius 1 is 0.613 bits per heavy atom. The van der Waals surface area contributed by atoms with Crippen molar-refractivity contribution >= 4 is 27.4 Å². The number of hydrogen-bond acceptors (Lipinski definition) is 5. The highest BCUT2D eigenvalue weighted by molar-refractivity contribution is 9.08. The molecular formula is C50H59BrF6N2O3. The second-order valence-corrected chi connectivity index (χ2v) is 16.3. The molecule has 4 aromatic carbocycles. The zero-order chi connectivity index (χ0) is 48.5. The third-order valence-corrected chi connectivity index (χ3v) is 12.3. The second-order valence-electron chi connectivity index (χ2n) is 15.9. The monoisotopic (exact) mass is 932 g/mol. The lowest BCUT2D eigenvalue weighted by atomic mass is 9.82. The van der Waals surface area contributed by atoms with Crippen LogP contribution in [0.3, 0.4) is 0 Å². The third-order valence-electron chi connectivity index (χ3n) is 11.8. The van der Waals surface area contributed by atoms with E-state index in [2.05, 4.69) is 25.9 Å². The van der Waals surface area contributed by atoms with Crippen molar-refractivity contribution in [2.45, 2.75) is 141 Å². The number of nitrogens with zero attached hydrogens (tertiary/aromatic N) is 2. The van der Waals surface area contributed by atoms with Gasteiger partial charge in [-0.25, -0.2) is 0 Å². The van der Waals surface area contributed by atoms with Gasteiger partial charge in [0.2, 0.25) is 0 Å². The predicted molar refractivity (Wildman–Crippen MR) is 240 cm³/mol. The van der Waals surface area contributed by atoms with E-state index in [-0.39, 0.29) is 42.4 Å². The first-order chi connectivity index (χ1) is 31.0. The fraction of sp³-hybridized carbons (Fsp3) is 0.480. The lowest BCUT2D eigenvalue weighted by Gasteiger charge is -2.25. The Bertz CT molecular complexity index is 2150. The molecule has 0 unspecified atom stereocenters. The molecule has 2 aliphatic rings. The van der Waals surface area contributed by atoms with Gasteiger partial charge in [0, 0.05) is 19.4 Å². The van der Waals surface area contributed by atoms with Crippen LogP contribution in [-0.4, -0.2) is 30.0 Å². The van der Waals surface area contributed by atoms with Crippen molar-refractivity contribution in [2.24, 2.45) is 9.98 Å². The molecular weight excluding hydrogens is 870 g/mol. The minimum absolute atomic E-state index is 0.0499. The number of aryl methyl sites for hydroxylation is 2. The van der Waals surface area contributed by atoms with Gasteiger partial charge in [-0.05, 0) is 145 Å². The lowest BCUT2D eigenvalue weighted by molar-refractivity contribution is -0.139. The molecule has 2 fully saturated rings. The number of rotatable bonds is 14. The molecule has 1 N–H and O–H groups in total. The summed E-state index contributed by atoms with van der Waals surface area (Å²) in [5, 5.41) is 8.06. The fourth-order valence-electron chi connectivity index (χ4n) is 8.29. The van der Waals surface area contributed by atoms with Crippen LogP contribution in [0.25, 0.3) is 0 Å². The summed E-state index contributed by atoms with van der Waals surface area (Å²) in [6, 6.07) is 18.8. The summed E-state index contributed by atoms with van der Waals surface area (Å²) in [5.74, 6) is 0.156. The van der Waals surface area contributed by atoms with Crippen molar-refractivity contribution < 1.29 is 46.4 Å². The molecule has 0 bridgehead atoms. The SMILES string of the molecule is [2H]C([2H])(Br)c1ccc(C(C)=NCOc2ccc(C3CCCCC3)c(C(F)(F)F)c2)cc1CC.[2H]C([2H])(O)c1ccc(C(C)=NCOc2ccc(C3CCCCC3)c(C(F)(F)F)c2)cc1CC. The summed E-state index contributed by atoms with van der Waals surface area (Å²) in [6.45, 7) is 4.68. The zero-order valence-corrected chi connectivity index (χ0v) is 37.4. The molecule has 0 atom stereocenters. The average molecular weight is 934 g/mol. The van der Waals surface area contributed by atoms with E-state index in [0.29, 0.717) is 46.5 Å². The van der Waals surface area contributed by atoms with Crippen LogP contribution in [0.15, 0.2) is 82.8 Å². The van der Waals surface area contributed by atoms with Gasteiger partial charge in [0.15, 0.2) is 13.5 Å². The molecule has 0 amide bonds. The number of alkyl halides is 7. The Labute approximate surface area is 376 Å². The average Bonchev–Trinajstić information content (AvgIpc) is 3.28. The van der Waals surface area contributed by atoms with Crippen LogP contribution in [-0.2, 0) is 37.0 Å². The Morgan fingerprint density at radius 3 is 1.39 bits per heavy atom. The smallest absolute Gasteiger partial charge is 0.416 e. The maximum Gasteiger partial charge on any atom is 0.416 e. The Hall–Kier alpha value is -4.16. The van der Waals surface area contributed by atoms with Crippen molar-refractivity contribution in [1.29, 1.82) is 0 Å². The first-order valence-electron chi connectivity index (χ1n) is 23.4. The summed E-state index contributed by atoms with van der Waals surface area (Å²) in [7, 11) is 0. The fourth-order valence-corrected chi connectivity index (χ4v) is 8.68. The van der Waals surface area contributed by atoms with Crippen molar-refractivity contribution in [3.8, 4) is 11.5 Å². The first kappa shape index (κ1) is 43.1. The maximum absolute atomic E-state index is 13.7. The zero-order valence-electron chi connectivity index (χ0n) is 39.8. The van der Waals surface area contributed by atoms with Crippen LogP contribution >= 0.6 is 15.9 Å². The van der Waals surface area contributed by atoms with E-state index in [0.717, 1.165) is 93.0 Å². The van der Waals surface area contributed by atoms with Gasteiger partial charge < -0.3 is 14.6 Å². The molecule has 336 valence electrons. The van der Waals surface area contributed by atoms with E-state index in [4.69, 9.17) is 15.0 Å². The number of aliphatic hydroxyl groups is 1. The van der Waals surface area contributed by atoms with E-state index in [1.54, 1.807) is 62.4 Å². The van der Waals surface area contributed by atoms with E-state index in [1.807, 2.05) is 19.9 Å². The molecule has 5 nitrogen and oxygen atoms in total. The van der Waals surface area contributed by atoms with Gasteiger partial charge >= 0.3 is 12.4 Å². The topological polar surface area (TPSA) is 63.4 Å². The van der Waals surface area contributed by atoms with Gasteiger partial charge in [0.05, 0.1) is 20.4 Å². The number of ether oxygens (including phenoxy) is 2. The summed E-state index contributed by atoms with van der Waals surface area (Å²) in [6.07, 6.45) is 1.47. The minimum Gasteiger partial charge on any atom is -0.471 e. The Morgan fingerprint density at radius 2 is 1.02 bits per heavy atom. The summed E-state index contributed by atoms with van der Waals surface area (Å²) in [5.41, 5.74) is 4.58. The Kier molecular flexibility index (Phi) is 16.0. The number of benzene rings is 4. The Balaban J connectivity index is 0.000000247. The quantitative estimate of drug-likeness (QED) is 0.0778. The predicted octanol–water partition coefficient (Wildman–Crippen LogP) is 14.7. The van der Waals surface area contributed by atoms with Gasteiger partial charge in [-0.15, -0.1) is 0 Å². The summed E-state index contributed by atoms with van der Waals surface area (Å²) < 4.78 is 124. The normalized spacial score (nSPS) is 17.3. The molecule has 0 saturated heterocycles. The van der Waals surface area contributed by atoms with Crippen molar-refractivity contribution in [1.82, 2.24) is 0 Å². The van der Waals surface area contributed by atoms with Crippen LogP contribution in [0.1, 0.15) is 165 Å². The molecule has 0 radical (unpaired) electrons. The molecule has 0 aromatic heterocycles. The molecule has 62 heavy (non-hydrogen) atoms. The molecule has 2 saturated carbocycles. The second kappa shape index (κ2) is 23.0. The van der Waals surface area contributed by atoms with Crippen molar-refractivity contribution in [2.75, 3.05) is 13.5 Å². The van der Waals surface area contributed by atoms with Gasteiger partial charge in [-0.2, -0.15) is 26.3 Å². The minimum atomic E-state index is -4.44. The highest BCUT2D eigenvalue weighted by Gasteiger charge is 2.37. The summed E-state index contributed by atoms with van der Waals surface area (Å²) in [4.78, 5) is 8.69. The molecule has 12 heteroatoms. The molecule has 0 heterocycles. The van der Waals surface area contributed by atoms with Gasteiger partial charge in [-0.1, -0.05) is 105 Å². The van der Waals surface area contributed by atoms with Crippen LogP contribution in [0, 0.1) is 0 Å². The lowest BCUT2D eigenvalue weighted by Crippen LogP contribution is -2.14. The molecule has 0 spiro atoms. The highest BCUT2D eigenvalue weighted by atomic mass is 79.9. The van der Waals surface area contributed by atoms with Crippen molar-refractivity contribution in [3.63, 3.8) is 0 Å². The number of halogens is 7. The van der Waals surface area contributed by atoms with Gasteiger partial charge in [-0.3, -0.25) is 9.98 Å². The number of hydrogen-bond donors (Lipinski definition) is 1. The van der Waals surface area contributed by atoms with E-state index < -0.39 is 35.3 Å². The molecule has 0 aliphatic heterocycles. The molecule has 6 rings (SSSR count). The van der Waals surface area contributed by atoms with Crippen molar-refractivity contribution in [3.05, 3.63) is 128 Å². The van der Waals surface area contributed by atoms with Crippen LogP contribution in [0.4, 0.5) is 26.3 Å². The van der Waals surface area contributed by atoms with Crippen LogP contribution in [0.5, 0.6) is 11.5 Å². The first-order valence-corrected chi connectivity index (χ1v) is 22.2. The van der Waals surface area contributed by atoms with Crippen LogP contribution in [0.2, 0.25) is 0 Å².